The molecule has 2 unspecified atom stereocenters. The Morgan fingerprint density at radius 1 is 1.47 bits per heavy atom. The highest BCUT2D eigenvalue weighted by Gasteiger charge is 2.15. The minimum atomic E-state index is -0.526. The topological polar surface area (TPSA) is 98.2 Å². The van der Waals surface area contributed by atoms with Gasteiger partial charge in [0.1, 0.15) is 6.29 Å². The largest absolute Gasteiger partial charge is 0.345 e. The van der Waals surface area contributed by atoms with E-state index in [0.29, 0.717) is 19.4 Å². The Hall–Kier alpha value is -0.940. The zero-order valence-electron chi connectivity index (χ0n) is 9.24. The lowest BCUT2D eigenvalue weighted by molar-refractivity contribution is -0.125. The first-order chi connectivity index (χ1) is 7.15. The molecule has 88 valence electrons. The summed E-state index contributed by atoms with van der Waals surface area (Å²) in [7, 11) is 0. The normalized spacial score (nSPS) is 14.3. The molecule has 0 bridgehead atoms. The van der Waals surface area contributed by atoms with Crippen molar-refractivity contribution in [2.75, 3.05) is 6.54 Å². The van der Waals surface area contributed by atoms with Crippen LogP contribution in [0.15, 0.2) is 0 Å². The van der Waals surface area contributed by atoms with Crippen molar-refractivity contribution in [1.29, 1.82) is 0 Å². The lowest BCUT2D eigenvalue weighted by Gasteiger charge is -2.15. The van der Waals surface area contributed by atoms with Crippen LogP contribution in [0.1, 0.15) is 32.6 Å². The van der Waals surface area contributed by atoms with Gasteiger partial charge in [-0.3, -0.25) is 4.79 Å². The van der Waals surface area contributed by atoms with Gasteiger partial charge in [-0.25, -0.2) is 0 Å². The van der Waals surface area contributed by atoms with Crippen LogP contribution in [0.4, 0.5) is 0 Å². The predicted molar refractivity (Wildman–Crippen MR) is 59.2 cm³/mol. The van der Waals surface area contributed by atoms with E-state index in [1.54, 1.807) is 0 Å². The Morgan fingerprint density at radius 2 is 2.13 bits per heavy atom. The number of hydrogen-bond acceptors (Lipinski definition) is 4. The molecule has 0 aliphatic rings. The number of rotatable bonds is 8. The van der Waals surface area contributed by atoms with Gasteiger partial charge < -0.3 is 21.6 Å². The number of carbonyl (C=O) groups excluding carboxylic acids is 2. The molecule has 5 N–H and O–H groups in total. The van der Waals surface area contributed by atoms with Crippen molar-refractivity contribution in [3.8, 4) is 0 Å². The van der Waals surface area contributed by atoms with Gasteiger partial charge >= 0.3 is 0 Å². The molecule has 0 radical (unpaired) electrons. The molecule has 1 amide bonds. The van der Waals surface area contributed by atoms with Gasteiger partial charge in [0.2, 0.25) is 5.91 Å². The average molecular weight is 215 g/mol. The van der Waals surface area contributed by atoms with Crippen LogP contribution in [0.2, 0.25) is 0 Å². The summed E-state index contributed by atoms with van der Waals surface area (Å²) >= 11 is 0. The maximum Gasteiger partial charge on any atom is 0.237 e. The van der Waals surface area contributed by atoms with Crippen LogP contribution in [0.5, 0.6) is 0 Å². The molecule has 0 rings (SSSR count). The first kappa shape index (κ1) is 14.1. The SMILES string of the molecule is CCC(N)C(=O)NC(C=O)CCCCN. The molecular formula is C10H21N3O2. The summed E-state index contributed by atoms with van der Waals surface area (Å²) in [6.07, 6.45) is 3.64. The monoisotopic (exact) mass is 215 g/mol. The van der Waals surface area contributed by atoms with E-state index in [1.807, 2.05) is 6.92 Å². The summed E-state index contributed by atoms with van der Waals surface area (Å²) in [5, 5.41) is 2.60. The smallest absolute Gasteiger partial charge is 0.237 e. The van der Waals surface area contributed by atoms with E-state index in [1.165, 1.54) is 0 Å². The summed E-state index contributed by atoms with van der Waals surface area (Å²) in [4.78, 5) is 22.0. The highest BCUT2D eigenvalue weighted by Crippen LogP contribution is 1.99. The van der Waals surface area contributed by atoms with Crippen molar-refractivity contribution in [2.45, 2.75) is 44.7 Å². The third kappa shape index (κ3) is 6.19. The molecule has 0 aromatic carbocycles. The summed E-state index contributed by atoms with van der Waals surface area (Å²) in [5.74, 6) is -0.262. The van der Waals surface area contributed by atoms with E-state index in [2.05, 4.69) is 5.32 Å². The van der Waals surface area contributed by atoms with Crippen LogP contribution in [-0.2, 0) is 9.59 Å². The highest BCUT2D eigenvalue weighted by molar-refractivity contribution is 5.84. The fourth-order valence-electron chi connectivity index (χ4n) is 1.16. The third-order valence-corrected chi connectivity index (χ3v) is 2.24. The summed E-state index contributed by atoms with van der Waals surface area (Å²) in [6, 6.07) is -0.955. The fourth-order valence-corrected chi connectivity index (χ4v) is 1.16. The quantitative estimate of drug-likeness (QED) is 0.377. The maximum absolute atomic E-state index is 11.4. The fraction of sp³-hybridized carbons (Fsp3) is 0.800. The number of nitrogens with two attached hydrogens (primary N) is 2. The number of amides is 1. The van der Waals surface area contributed by atoms with E-state index >= 15 is 0 Å². The predicted octanol–water partition coefficient (Wildman–Crippen LogP) is -0.464. The van der Waals surface area contributed by atoms with E-state index in [-0.39, 0.29) is 5.91 Å². The lowest BCUT2D eigenvalue weighted by Crippen LogP contribution is -2.45. The Bertz CT molecular complexity index is 197. The Labute approximate surface area is 90.6 Å². The van der Waals surface area contributed by atoms with Gasteiger partial charge in [-0.2, -0.15) is 0 Å². The highest BCUT2D eigenvalue weighted by atomic mass is 16.2. The molecule has 5 heteroatoms. The van der Waals surface area contributed by atoms with Crippen molar-refractivity contribution >= 4 is 12.2 Å². The molecule has 0 aromatic heterocycles. The van der Waals surface area contributed by atoms with Gasteiger partial charge in [-0.05, 0) is 32.2 Å². The molecule has 0 fully saturated rings. The second-order valence-corrected chi connectivity index (χ2v) is 3.55. The molecule has 2 atom stereocenters. The second-order valence-electron chi connectivity index (χ2n) is 3.55. The Kier molecular flexibility index (Phi) is 7.85. The minimum Gasteiger partial charge on any atom is -0.345 e. The number of unbranched alkanes of at least 4 members (excludes halogenated alkanes) is 1. The maximum atomic E-state index is 11.4. The number of carbonyl (C=O) groups is 2. The van der Waals surface area contributed by atoms with Crippen molar-refractivity contribution < 1.29 is 9.59 Å². The van der Waals surface area contributed by atoms with Gasteiger partial charge in [0.05, 0.1) is 12.1 Å². The summed E-state index contributed by atoms with van der Waals surface area (Å²) in [5.41, 5.74) is 10.9. The van der Waals surface area contributed by atoms with Gasteiger partial charge in [-0.1, -0.05) is 6.92 Å². The molecular weight excluding hydrogens is 194 g/mol. The van der Waals surface area contributed by atoms with Crippen molar-refractivity contribution in [2.24, 2.45) is 11.5 Å². The molecule has 0 aliphatic heterocycles. The zero-order chi connectivity index (χ0) is 11.7. The van der Waals surface area contributed by atoms with Crippen LogP contribution < -0.4 is 16.8 Å². The second kappa shape index (κ2) is 8.38. The Morgan fingerprint density at radius 3 is 2.60 bits per heavy atom. The number of nitrogens with one attached hydrogen (secondary N) is 1. The van der Waals surface area contributed by atoms with Gasteiger partial charge in [0.25, 0.3) is 0 Å². The van der Waals surface area contributed by atoms with Crippen LogP contribution in [0, 0.1) is 0 Å². The lowest BCUT2D eigenvalue weighted by atomic mass is 10.1. The zero-order valence-corrected chi connectivity index (χ0v) is 9.24. The van der Waals surface area contributed by atoms with Crippen molar-refractivity contribution in [3.63, 3.8) is 0 Å². The molecule has 0 saturated heterocycles. The van der Waals surface area contributed by atoms with Gasteiger partial charge in [-0.15, -0.1) is 0 Å². The number of aldehydes is 1. The van der Waals surface area contributed by atoms with Gasteiger partial charge in [0.15, 0.2) is 0 Å². The molecule has 0 saturated carbocycles. The van der Waals surface area contributed by atoms with E-state index in [4.69, 9.17) is 11.5 Å². The van der Waals surface area contributed by atoms with Crippen LogP contribution >= 0.6 is 0 Å². The molecule has 0 aromatic rings. The first-order valence-electron chi connectivity index (χ1n) is 5.37. The van der Waals surface area contributed by atoms with Crippen LogP contribution in [-0.4, -0.2) is 30.8 Å². The third-order valence-electron chi connectivity index (χ3n) is 2.24. The molecule has 0 spiro atoms. The average Bonchev–Trinajstić information content (AvgIpc) is 2.26. The van der Waals surface area contributed by atoms with Crippen LogP contribution in [0.3, 0.4) is 0 Å². The summed E-state index contributed by atoms with van der Waals surface area (Å²) in [6.45, 7) is 2.43. The van der Waals surface area contributed by atoms with Crippen molar-refractivity contribution in [3.05, 3.63) is 0 Å². The van der Waals surface area contributed by atoms with E-state index in [9.17, 15) is 9.59 Å². The number of hydrogen-bond donors (Lipinski definition) is 3. The summed E-state index contributed by atoms with van der Waals surface area (Å²) < 4.78 is 0. The van der Waals surface area contributed by atoms with Crippen LogP contribution in [0.25, 0.3) is 0 Å². The van der Waals surface area contributed by atoms with Gasteiger partial charge in [0, 0.05) is 0 Å². The first-order valence-corrected chi connectivity index (χ1v) is 5.37. The minimum absolute atomic E-state index is 0.262. The Balaban J connectivity index is 3.87. The molecule has 5 nitrogen and oxygen atoms in total. The van der Waals surface area contributed by atoms with E-state index in [0.717, 1.165) is 19.1 Å². The standard InChI is InChI=1S/C10H21N3O2/c1-2-9(12)10(15)13-8(7-14)5-3-4-6-11/h7-9H,2-6,11-12H2,1H3,(H,13,15). The molecule has 15 heavy (non-hydrogen) atoms. The van der Waals surface area contributed by atoms with Crippen molar-refractivity contribution in [1.82, 2.24) is 5.32 Å². The molecule has 0 heterocycles. The van der Waals surface area contributed by atoms with E-state index < -0.39 is 12.1 Å². The molecule has 0 aliphatic carbocycles.